The lowest BCUT2D eigenvalue weighted by atomic mass is 10.0. The molecule has 1 amide bonds. The van der Waals surface area contributed by atoms with Gasteiger partial charge in [-0.3, -0.25) is 4.79 Å². The average molecular weight is 324 g/mol. The van der Waals surface area contributed by atoms with Crippen LogP contribution in [0.1, 0.15) is 30.4 Å². The van der Waals surface area contributed by atoms with E-state index in [4.69, 9.17) is 0 Å². The highest BCUT2D eigenvalue weighted by Crippen LogP contribution is 2.14. The Bertz CT molecular complexity index is 590. The van der Waals surface area contributed by atoms with Crippen LogP contribution in [0.5, 0.6) is 0 Å². The van der Waals surface area contributed by atoms with Crippen LogP contribution in [0.25, 0.3) is 0 Å². The second-order valence-corrected chi connectivity index (χ2v) is 8.20. The number of sulfone groups is 1. The van der Waals surface area contributed by atoms with Crippen molar-refractivity contribution in [1.82, 2.24) is 10.6 Å². The zero-order valence-electron chi connectivity index (χ0n) is 13.0. The number of rotatable bonds is 7. The van der Waals surface area contributed by atoms with Crippen molar-refractivity contribution in [3.05, 3.63) is 35.4 Å². The van der Waals surface area contributed by atoms with Gasteiger partial charge in [0.25, 0.3) is 0 Å². The lowest BCUT2D eigenvalue weighted by Gasteiger charge is -2.09. The molecule has 1 saturated heterocycles. The van der Waals surface area contributed by atoms with Crippen LogP contribution in [0.3, 0.4) is 0 Å². The molecule has 2 rings (SSSR count). The van der Waals surface area contributed by atoms with Crippen LogP contribution in [0.15, 0.2) is 24.3 Å². The van der Waals surface area contributed by atoms with Crippen molar-refractivity contribution >= 4 is 15.7 Å². The number of nitrogens with one attached hydrogen (secondary N) is 2. The third kappa shape index (κ3) is 6.15. The van der Waals surface area contributed by atoms with Gasteiger partial charge in [0.2, 0.25) is 5.91 Å². The zero-order chi connectivity index (χ0) is 16.0. The van der Waals surface area contributed by atoms with Crippen LogP contribution in [0, 0.1) is 5.92 Å². The number of carbonyl (C=O) groups is 1. The van der Waals surface area contributed by atoms with E-state index in [0.29, 0.717) is 18.9 Å². The summed E-state index contributed by atoms with van der Waals surface area (Å²) in [7, 11) is -3.01. The number of hydrogen-bond acceptors (Lipinski definition) is 4. The summed E-state index contributed by atoms with van der Waals surface area (Å²) in [5, 5.41) is 6.21. The number of benzene rings is 1. The average Bonchev–Trinajstić information content (AvgIpc) is 2.96. The van der Waals surface area contributed by atoms with Crippen molar-refractivity contribution in [1.29, 1.82) is 0 Å². The Hall–Kier alpha value is -1.40. The highest BCUT2D eigenvalue weighted by molar-refractivity contribution is 7.89. The molecular weight excluding hydrogens is 300 g/mol. The van der Waals surface area contributed by atoms with Gasteiger partial charge in [0, 0.05) is 19.2 Å². The Labute approximate surface area is 132 Å². The van der Waals surface area contributed by atoms with Crippen molar-refractivity contribution in [2.24, 2.45) is 5.92 Å². The molecule has 0 aromatic heterocycles. The molecule has 1 atom stereocenters. The molecule has 1 aromatic rings. The molecular formula is C16H24N2O3S. The maximum Gasteiger partial charge on any atom is 0.220 e. The Kier molecular flexibility index (Phi) is 5.97. The molecule has 22 heavy (non-hydrogen) atoms. The van der Waals surface area contributed by atoms with E-state index >= 15 is 0 Å². The van der Waals surface area contributed by atoms with E-state index in [0.717, 1.165) is 37.1 Å². The number of carbonyl (C=O) groups excluding carboxylic acids is 1. The van der Waals surface area contributed by atoms with E-state index in [1.807, 2.05) is 12.1 Å². The van der Waals surface area contributed by atoms with Crippen molar-refractivity contribution in [3.8, 4) is 0 Å². The summed E-state index contributed by atoms with van der Waals surface area (Å²) < 4.78 is 22.4. The van der Waals surface area contributed by atoms with Gasteiger partial charge in [-0.2, -0.15) is 0 Å². The summed E-state index contributed by atoms with van der Waals surface area (Å²) in [5.74, 6) is 0.753. The van der Waals surface area contributed by atoms with Crippen molar-refractivity contribution in [3.63, 3.8) is 0 Å². The Morgan fingerprint density at radius 2 is 1.95 bits per heavy atom. The van der Waals surface area contributed by atoms with Crippen LogP contribution in [-0.4, -0.2) is 33.7 Å². The summed E-state index contributed by atoms with van der Waals surface area (Å²) in [4.78, 5) is 11.8. The Balaban J connectivity index is 1.72. The van der Waals surface area contributed by atoms with E-state index in [-0.39, 0.29) is 11.7 Å². The van der Waals surface area contributed by atoms with E-state index in [9.17, 15) is 13.2 Å². The van der Waals surface area contributed by atoms with Crippen LogP contribution in [0.4, 0.5) is 0 Å². The topological polar surface area (TPSA) is 75.3 Å². The fourth-order valence-corrected chi connectivity index (χ4v) is 3.44. The lowest BCUT2D eigenvalue weighted by Crippen LogP contribution is -2.23. The minimum absolute atomic E-state index is 0.0507. The van der Waals surface area contributed by atoms with Crippen LogP contribution >= 0.6 is 0 Å². The minimum atomic E-state index is -3.01. The van der Waals surface area contributed by atoms with Crippen molar-refractivity contribution in [2.75, 3.05) is 19.3 Å². The molecule has 0 bridgehead atoms. The van der Waals surface area contributed by atoms with Crippen molar-refractivity contribution in [2.45, 2.75) is 31.6 Å². The van der Waals surface area contributed by atoms with Crippen molar-refractivity contribution < 1.29 is 13.2 Å². The summed E-state index contributed by atoms with van der Waals surface area (Å²) in [5.41, 5.74) is 1.75. The molecule has 2 N–H and O–H groups in total. The third-order valence-corrected chi connectivity index (χ3v) is 4.74. The SMILES string of the molecule is CS(=O)(=O)Cc1ccc(CNC(=O)CCC2CCNC2)cc1. The van der Waals surface area contributed by atoms with Gasteiger partial charge in [0.05, 0.1) is 5.75 Å². The second-order valence-electron chi connectivity index (χ2n) is 6.06. The maximum atomic E-state index is 11.8. The maximum absolute atomic E-state index is 11.8. The lowest BCUT2D eigenvalue weighted by molar-refractivity contribution is -0.121. The number of hydrogen-bond donors (Lipinski definition) is 2. The zero-order valence-corrected chi connectivity index (χ0v) is 13.8. The van der Waals surface area contributed by atoms with E-state index in [1.54, 1.807) is 12.1 Å². The molecule has 1 aromatic carbocycles. The van der Waals surface area contributed by atoms with Gasteiger partial charge in [0.15, 0.2) is 9.84 Å². The highest BCUT2D eigenvalue weighted by Gasteiger charge is 2.15. The molecule has 122 valence electrons. The summed E-state index contributed by atoms with van der Waals surface area (Å²) >= 11 is 0. The quantitative estimate of drug-likeness (QED) is 0.791. The molecule has 6 heteroatoms. The molecule has 1 aliphatic rings. The van der Waals surface area contributed by atoms with E-state index < -0.39 is 9.84 Å². The van der Waals surface area contributed by atoms with Crippen LogP contribution < -0.4 is 10.6 Å². The number of amides is 1. The summed E-state index contributed by atoms with van der Waals surface area (Å²) in [6.07, 6.45) is 3.89. The van der Waals surface area contributed by atoms with Gasteiger partial charge in [-0.15, -0.1) is 0 Å². The molecule has 0 radical (unpaired) electrons. The van der Waals surface area contributed by atoms with Gasteiger partial charge in [-0.05, 0) is 43.0 Å². The normalized spacial score (nSPS) is 18.3. The molecule has 0 spiro atoms. The smallest absolute Gasteiger partial charge is 0.220 e. The van der Waals surface area contributed by atoms with Gasteiger partial charge in [0.1, 0.15) is 0 Å². The molecule has 1 heterocycles. The predicted octanol–water partition coefficient (Wildman–Crippen LogP) is 1.24. The first-order chi connectivity index (χ1) is 10.4. The Morgan fingerprint density at radius 3 is 2.55 bits per heavy atom. The first kappa shape index (κ1) is 17.0. The fraction of sp³-hybridized carbons (Fsp3) is 0.562. The van der Waals surface area contributed by atoms with E-state index in [2.05, 4.69) is 10.6 Å². The molecule has 1 fully saturated rings. The molecule has 0 aliphatic carbocycles. The standard InChI is InChI=1S/C16H24N2O3S/c1-22(20,21)12-15-4-2-13(3-5-15)11-18-16(19)7-6-14-8-9-17-10-14/h2-5,14,17H,6-12H2,1H3,(H,18,19). The van der Waals surface area contributed by atoms with Gasteiger partial charge < -0.3 is 10.6 Å². The molecule has 1 unspecified atom stereocenters. The minimum Gasteiger partial charge on any atom is -0.352 e. The third-order valence-electron chi connectivity index (χ3n) is 3.88. The molecule has 0 saturated carbocycles. The first-order valence-corrected chi connectivity index (χ1v) is 9.71. The second kappa shape index (κ2) is 7.74. The molecule has 5 nitrogen and oxygen atoms in total. The van der Waals surface area contributed by atoms with Gasteiger partial charge in [-0.1, -0.05) is 24.3 Å². The Morgan fingerprint density at radius 1 is 1.27 bits per heavy atom. The summed E-state index contributed by atoms with van der Waals surface area (Å²) in [6.45, 7) is 2.57. The van der Waals surface area contributed by atoms with E-state index in [1.165, 1.54) is 6.26 Å². The highest BCUT2D eigenvalue weighted by atomic mass is 32.2. The fourth-order valence-electron chi connectivity index (χ4n) is 2.64. The first-order valence-electron chi connectivity index (χ1n) is 7.65. The summed E-state index contributed by atoms with van der Waals surface area (Å²) in [6, 6.07) is 7.32. The van der Waals surface area contributed by atoms with Gasteiger partial charge in [-0.25, -0.2) is 8.42 Å². The van der Waals surface area contributed by atoms with Crippen LogP contribution in [0.2, 0.25) is 0 Å². The predicted molar refractivity (Wildman–Crippen MR) is 87.0 cm³/mol. The largest absolute Gasteiger partial charge is 0.352 e. The van der Waals surface area contributed by atoms with Crippen LogP contribution in [-0.2, 0) is 26.9 Å². The molecule has 1 aliphatic heterocycles. The monoisotopic (exact) mass is 324 g/mol. The van der Waals surface area contributed by atoms with Gasteiger partial charge >= 0.3 is 0 Å².